The standard InChI is InChI=1S/C21H23ClN4O/c1-16(21(27)24-20-8-3-2-6-18(20)14-23)26-11-9-25(10-12-26)15-17-5-4-7-19(22)13-17/h2-8,13,16H,9-12,15H2,1H3,(H,24,27). The molecule has 27 heavy (non-hydrogen) atoms. The predicted molar refractivity (Wildman–Crippen MR) is 108 cm³/mol. The number of benzene rings is 2. The fourth-order valence-electron chi connectivity index (χ4n) is 3.29. The largest absolute Gasteiger partial charge is 0.324 e. The second-order valence-corrected chi connectivity index (χ2v) is 7.20. The van der Waals surface area contributed by atoms with Gasteiger partial charge >= 0.3 is 0 Å². The third-order valence-corrected chi connectivity index (χ3v) is 5.17. The van der Waals surface area contributed by atoms with Crippen molar-refractivity contribution >= 4 is 23.2 Å². The van der Waals surface area contributed by atoms with Crippen molar-refractivity contribution in [1.29, 1.82) is 5.26 Å². The van der Waals surface area contributed by atoms with E-state index in [2.05, 4.69) is 27.3 Å². The lowest BCUT2D eigenvalue weighted by Gasteiger charge is -2.37. The lowest BCUT2D eigenvalue weighted by molar-refractivity contribution is -0.121. The molecule has 1 heterocycles. The summed E-state index contributed by atoms with van der Waals surface area (Å²) in [4.78, 5) is 17.2. The van der Waals surface area contributed by atoms with Crippen LogP contribution in [0.3, 0.4) is 0 Å². The van der Waals surface area contributed by atoms with Crippen LogP contribution in [0, 0.1) is 11.3 Å². The van der Waals surface area contributed by atoms with E-state index < -0.39 is 0 Å². The average Bonchev–Trinajstić information content (AvgIpc) is 2.68. The highest BCUT2D eigenvalue weighted by Crippen LogP contribution is 2.17. The van der Waals surface area contributed by atoms with Gasteiger partial charge in [0.05, 0.1) is 17.3 Å². The topological polar surface area (TPSA) is 59.4 Å². The Morgan fingerprint density at radius 1 is 1.19 bits per heavy atom. The molecule has 6 heteroatoms. The second-order valence-electron chi connectivity index (χ2n) is 6.76. The number of hydrogen-bond donors (Lipinski definition) is 1. The van der Waals surface area contributed by atoms with Crippen LogP contribution in [0.5, 0.6) is 0 Å². The van der Waals surface area contributed by atoms with Crippen molar-refractivity contribution in [3.63, 3.8) is 0 Å². The van der Waals surface area contributed by atoms with Crippen LogP contribution in [0.2, 0.25) is 5.02 Å². The molecule has 1 aliphatic rings. The molecule has 5 nitrogen and oxygen atoms in total. The lowest BCUT2D eigenvalue weighted by atomic mass is 10.1. The van der Waals surface area contributed by atoms with Crippen molar-refractivity contribution in [2.24, 2.45) is 0 Å². The number of nitrogens with one attached hydrogen (secondary N) is 1. The summed E-state index contributed by atoms with van der Waals surface area (Å²) in [5.41, 5.74) is 2.25. The van der Waals surface area contributed by atoms with Crippen LogP contribution < -0.4 is 5.32 Å². The summed E-state index contributed by atoms with van der Waals surface area (Å²) in [5, 5.41) is 12.8. The zero-order valence-corrected chi connectivity index (χ0v) is 16.1. The number of rotatable bonds is 5. The van der Waals surface area contributed by atoms with Gasteiger partial charge in [0, 0.05) is 37.7 Å². The molecule has 3 rings (SSSR count). The second kappa shape index (κ2) is 9.01. The molecule has 140 valence electrons. The van der Waals surface area contributed by atoms with Crippen molar-refractivity contribution in [2.45, 2.75) is 19.5 Å². The number of nitrogens with zero attached hydrogens (tertiary/aromatic N) is 3. The van der Waals surface area contributed by atoms with Crippen LogP contribution in [0.1, 0.15) is 18.1 Å². The normalized spacial score (nSPS) is 16.5. The van der Waals surface area contributed by atoms with E-state index in [1.165, 1.54) is 5.56 Å². The number of nitriles is 1. The number of halogens is 1. The molecular weight excluding hydrogens is 360 g/mol. The third-order valence-electron chi connectivity index (χ3n) is 4.93. The molecule has 1 saturated heterocycles. The van der Waals surface area contributed by atoms with Gasteiger partial charge in [0.25, 0.3) is 0 Å². The number of hydrogen-bond acceptors (Lipinski definition) is 4. The lowest BCUT2D eigenvalue weighted by Crippen LogP contribution is -2.52. The van der Waals surface area contributed by atoms with Crippen molar-refractivity contribution in [3.8, 4) is 6.07 Å². The molecule has 1 fully saturated rings. The Morgan fingerprint density at radius 3 is 2.63 bits per heavy atom. The van der Waals surface area contributed by atoms with Gasteiger partial charge in [-0.1, -0.05) is 35.9 Å². The summed E-state index contributed by atoms with van der Waals surface area (Å²) in [5.74, 6) is -0.0824. The Hall–Kier alpha value is -2.39. The van der Waals surface area contributed by atoms with Gasteiger partial charge in [0.1, 0.15) is 6.07 Å². The molecule has 0 spiro atoms. The molecule has 1 amide bonds. The first-order chi connectivity index (χ1) is 13.1. The molecular formula is C21H23ClN4O. The molecule has 0 aliphatic carbocycles. The highest BCUT2D eigenvalue weighted by atomic mass is 35.5. The number of amides is 1. The van der Waals surface area contributed by atoms with Crippen LogP contribution in [0.25, 0.3) is 0 Å². The van der Waals surface area contributed by atoms with Crippen molar-refractivity contribution in [2.75, 3.05) is 31.5 Å². The number of anilines is 1. The minimum atomic E-state index is -0.245. The summed E-state index contributed by atoms with van der Waals surface area (Å²) < 4.78 is 0. The maximum Gasteiger partial charge on any atom is 0.241 e. The van der Waals surface area contributed by atoms with Crippen LogP contribution in [0.4, 0.5) is 5.69 Å². The first-order valence-electron chi connectivity index (χ1n) is 9.07. The molecule has 0 aromatic heterocycles. The maximum atomic E-state index is 12.6. The number of piperazine rings is 1. The summed E-state index contributed by atoms with van der Waals surface area (Å²) in [6.07, 6.45) is 0. The van der Waals surface area contributed by atoms with Gasteiger partial charge in [-0.15, -0.1) is 0 Å². The van der Waals surface area contributed by atoms with E-state index in [0.29, 0.717) is 11.3 Å². The molecule has 1 unspecified atom stereocenters. The minimum absolute atomic E-state index is 0.0824. The maximum absolute atomic E-state index is 12.6. The monoisotopic (exact) mass is 382 g/mol. The smallest absolute Gasteiger partial charge is 0.241 e. The molecule has 1 atom stereocenters. The predicted octanol–water partition coefficient (Wildman–Crippen LogP) is 3.36. The first-order valence-corrected chi connectivity index (χ1v) is 9.45. The molecule has 0 bridgehead atoms. The van der Waals surface area contributed by atoms with E-state index in [4.69, 9.17) is 16.9 Å². The molecule has 2 aromatic carbocycles. The fraction of sp³-hybridized carbons (Fsp3) is 0.333. The summed E-state index contributed by atoms with van der Waals surface area (Å²) in [7, 11) is 0. The zero-order chi connectivity index (χ0) is 19.2. The van der Waals surface area contributed by atoms with Gasteiger partial charge in [-0.2, -0.15) is 5.26 Å². The number of para-hydroxylation sites is 1. The number of carbonyl (C=O) groups excluding carboxylic acids is 1. The number of carbonyl (C=O) groups is 1. The molecule has 0 radical (unpaired) electrons. The van der Waals surface area contributed by atoms with Crippen molar-refractivity contribution in [3.05, 3.63) is 64.7 Å². The van der Waals surface area contributed by atoms with Gasteiger partial charge < -0.3 is 5.32 Å². The molecule has 1 aliphatic heterocycles. The van der Waals surface area contributed by atoms with Crippen LogP contribution >= 0.6 is 11.6 Å². The van der Waals surface area contributed by atoms with Gasteiger partial charge in [0.2, 0.25) is 5.91 Å². The first kappa shape index (κ1) is 19.4. The average molecular weight is 383 g/mol. The summed E-state index contributed by atoms with van der Waals surface area (Å²) >= 11 is 6.06. The van der Waals surface area contributed by atoms with E-state index in [-0.39, 0.29) is 11.9 Å². The van der Waals surface area contributed by atoms with Crippen LogP contribution in [0.15, 0.2) is 48.5 Å². The molecule has 2 aromatic rings. The van der Waals surface area contributed by atoms with E-state index in [1.807, 2.05) is 31.2 Å². The van der Waals surface area contributed by atoms with Gasteiger partial charge in [0.15, 0.2) is 0 Å². The summed E-state index contributed by atoms with van der Waals surface area (Å²) in [6, 6.07) is 16.9. The van der Waals surface area contributed by atoms with E-state index in [9.17, 15) is 4.79 Å². The van der Waals surface area contributed by atoms with Gasteiger partial charge in [-0.3, -0.25) is 14.6 Å². The quantitative estimate of drug-likeness (QED) is 0.861. The Kier molecular flexibility index (Phi) is 6.46. The minimum Gasteiger partial charge on any atom is -0.324 e. The van der Waals surface area contributed by atoms with Crippen LogP contribution in [-0.4, -0.2) is 47.9 Å². The SMILES string of the molecule is CC(C(=O)Nc1ccccc1C#N)N1CCN(Cc2cccc(Cl)c2)CC1. The van der Waals surface area contributed by atoms with Gasteiger partial charge in [-0.05, 0) is 36.8 Å². The highest BCUT2D eigenvalue weighted by Gasteiger charge is 2.26. The van der Waals surface area contributed by atoms with Crippen molar-refractivity contribution in [1.82, 2.24) is 9.80 Å². The Bertz CT molecular complexity index is 840. The van der Waals surface area contributed by atoms with E-state index in [1.54, 1.807) is 18.2 Å². The third kappa shape index (κ3) is 5.08. The molecule has 1 N–H and O–H groups in total. The Balaban J connectivity index is 1.52. The highest BCUT2D eigenvalue weighted by molar-refractivity contribution is 6.30. The summed E-state index contributed by atoms with van der Waals surface area (Å²) in [6.45, 7) is 6.24. The van der Waals surface area contributed by atoms with Crippen molar-refractivity contribution < 1.29 is 4.79 Å². The van der Waals surface area contributed by atoms with Gasteiger partial charge in [-0.25, -0.2) is 0 Å². The van der Waals surface area contributed by atoms with E-state index >= 15 is 0 Å². The molecule has 0 saturated carbocycles. The fourth-order valence-corrected chi connectivity index (χ4v) is 3.51. The Labute approximate surface area is 165 Å². The zero-order valence-electron chi connectivity index (χ0n) is 15.4. The van der Waals surface area contributed by atoms with E-state index in [0.717, 1.165) is 37.7 Å². The van der Waals surface area contributed by atoms with Crippen LogP contribution in [-0.2, 0) is 11.3 Å². The Morgan fingerprint density at radius 2 is 1.93 bits per heavy atom.